The van der Waals surface area contributed by atoms with E-state index in [1.54, 1.807) is 13.8 Å². The highest BCUT2D eigenvalue weighted by atomic mass is 16.6. The molecule has 14 nitrogen and oxygen atoms in total. The molecule has 2 fully saturated rings. The summed E-state index contributed by atoms with van der Waals surface area (Å²) in [7, 11) is 0. The van der Waals surface area contributed by atoms with Crippen molar-refractivity contribution in [1.29, 1.82) is 0 Å². The second kappa shape index (κ2) is 15.1. The van der Waals surface area contributed by atoms with Gasteiger partial charge in [0, 0.05) is 18.2 Å². The molecule has 1 aliphatic carbocycles. The Kier molecular flexibility index (Phi) is 11.8. The van der Waals surface area contributed by atoms with Gasteiger partial charge in [-0.2, -0.15) is 4.98 Å². The number of nitrogens with zero attached hydrogens (tertiary/aromatic N) is 2. The number of ether oxygens (including phenoxy) is 3. The lowest BCUT2D eigenvalue weighted by Crippen LogP contribution is -2.50. The molecule has 0 unspecified atom stereocenters. The van der Waals surface area contributed by atoms with Gasteiger partial charge in [0.05, 0.1) is 25.4 Å². The summed E-state index contributed by atoms with van der Waals surface area (Å²) in [6, 6.07) is -0.529. The number of rotatable bonds is 12. The molecule has 0 spiro atoms. The molecule has 228 valence electrons. The maximum absolute atomic E-state index is 12.7. The lowest BCUT2D eigenvalue weighted by atomic mass is 9.85. The van der Waals surface area contributed by atoms with Crippen molar-refractivity contribution >= 4 is 23.8 Å². The van der Waals surface area contributed by atoms with Crippen molar-refractivity contribution in [2.75, 3.05) is 18.5 Å². The summed E-state index contributed by atoms with van der Waals surface area (Å²) in [5.41, 5.74) is 5.50. The SMILES string of the molecule is C=C1[C@H](n2ccc(NC(=O)OCC[C@@H](NC(=O)[C@@H](N)CC3CCCCC3)C(=O)OC(C)C)nc2=O)O[C@H](CO)[C@H]1O. The maximum atomic E-state index is 12.7. The van der Waals surface area contributed by atoms with Gasteiger partial charge >= 0.3 is 17.8 Å². The topological polar surface area (TPSA) is 204 Å². The number of carbonyl (C=O) groups excluding carboxylic acids is 3. The van der Waals surface area contributed by atoms with Crippen molar-refractivity contribution in [2.45, 2.75) is 95.4 Å². The summed E-state index contributed by atoms with van der Waals surface area (Å²) in [6.07, 6.45) is 2.79. The minimum atomic E-state index is -1.15. The number of amides is 2. The molecular formula is C27H41N5O9. The summed E-state index contributed by atoms with van der Waals surface area (Å²) >= 11 is 0. The normalized spacial score (nSPS) is 22.7. The van der Waals surface area contributed by atoms with E-state index >= 15 is 0 Å². The van der Waals surface area contributed by atoms with Crippen molar-refractivity contribution < 1.29 is 38.8 Å². The molecular weight excluding hydrogens is 538 g/mol. The molecule has 2 heterocycles. The smallest absolute Gasteiger partial charge is 0.412 e. The summed E-state index contributed by atoms with van der Waals surface area (Å²) in [6.45, 7) is 6.34. The zero-order valence-electron chi connectivity index (χ0n) is 23.5. The number of nitrogens with one attached hydrogen (secondary N) is 2. The van der Waals surface area contributed by atoms with Crippen LogP contribution < -0.4 is 22.1 Å². The first-order chi connectivity index (χ1) is 19.5. The number of carbonyl (C=O) groups is 3. The molecule has 3 rings (SSSR count). The Balaban J connectivity index is 1.53. The second-order valence-corrected chi connectivity index (χ2v) is 10.7. The second-order valence-electron chi connectivity index (χ2n) is 10.7. The van der Waals surface area contributed by atoms with Gasteiger partial charge in [-0.05, 0) is 32.3 Å². The van der Waals surface area contributed by atoms with E-state index < -0.39 is 66.9 Å². The summed E-state index contributed by atoms with van der Waals surface area (Å²) in [5, 5.41) is 24.3. The molecule has 1 aromatic rings. The number of aliphatic hydroxyl groups is 2. The number of anilines is 1. The molecule has 6 N–H and O–H groups in total. The third-order valence-corrected chi connectivity index (χ3v) is 7.09. The van der Waals surface area contributed by atoms with Crippen LogP contribution in [0.1, 0.15) is 65.0 Å². The predicted octanol–water partition coefficient (Wildman–Crippen LogP) is 0.723. The van der Waals surface area contributed by atoms with Crippen LogP contribution in [0.4, 0.5) is 10.6 Å². The van der Waals surface area contributed by atoms with E-state index in [1.807, 2.05) is 0 Å². The standard InChI is InChI=1S/C27H41N5O9/c1-15(2)40-25(36)19(29-23(35)18(28)13-17-7-5-4-6-8-17)10-12-39-27(38)31-21-9-11-32(26(37)30-21)24-16(3)22(34)20(14-33)41-24/h9,11,15,17-20,22,24,33-34H,3-8,10,12-14,28H2,1-2H3,(H,29,35)(H,30,31,37,38)/t18-,19+,20+,22-,24+/m0/s1. The predicted molar refractivity (Wildman–Crippen MR) is 147 cm³/mol. The Morgan fingerprint density at radius 3 is 2.59 bits per heavy atom. The lowest BCUT2D eigenvalue weighted by Gasteiger charge is -2.25. The van der Waals surface area contributed by atoms with E-state index in [0.29, 0.717) is 12.3 Å². The molecule has 1 aromatic heterocycles. The van der Waals surface area contributed by atoms with E-state index in [4.69, 9.17) is 19.9 Å². The first kappa shape index (κ1) is 32.2. The molecule has 0 bridgehead atoms. The highest BCUT2D eigenvalue weighted by molar-refractivity contribution is 5.87. The quantitative estimate of drug-likeness (QED) is 0.172. The summed E-state index contributed by atoms with van der Waals surface area (Å²) in [4.78, 5) is 53.9. The molecule has 2 amide bonds. The molecule has 0 aromatic carbocycles. The van der Waals surface area contributed by atoms with Crippen molar-refractivity contribution in [3.63, 3.8) is 0 Å². The molecule has 41 heavy (non-hydrogen) atoms. The van der Waals surface area contributed by atoms with Gasteiger partial charge in [-0.25, -0.2) is 14.4 Å². The van der Waals surface area contributed by atoms with Crippen LogP contribution in [-0.2, 0) is 23.8 Å². The van der Waals surface area contributed by atoms with Gasteiger partial charge in [0.15, 0.2) is 6.23 Å². The fourth-order valence-corrected chi connectivity index (χ4v) is 4.90. The number of aliphatic hydroxyl groups excluding tert-OH is 2. The highest BCUT2D eigenvalue weighted by Gasteiger charge is 2.38. The summed E-state index contributed by atoms with van der Waals surface area (Å²) in [5.74, 6) is -0.877. The zero-order chi connectivity index (χ0) is 30.1. The van der Waals surface area contributed by atoms with Gasteiger partial charge in [0.2, 0.25) is 5.91 Å². The van der Waals surface area contributed by atoms with Crippen LogP contribution in [0.15, 0.2) is 29.2 Å². The third kappa shape index (κ3) is 9.08. The Bertz CT molecular complexity index is 1130. The average molecular weight is 580 g/mol. The maximum Gasteiger partial charge on any atom is 0.412 e. The van der Waals surface area contributed by atoms with Crippen LogP contribution in [0, 0.1) is 5.92 Å². The molecule has 14 heteroatoms. The van der Waals surface area contributed by atoms with Crippen molar-refractivity contribution in [3.05, 3.63) is 34.9 Å². The van der Waals surface area contributed by atoms with Crippen molar-refractivity contribution in [1.82, 2.24) is 14.9 Å². The molecule has 2 aliphatic rings. The fraction of sp³-hybridized carbons (Fsp3) is 0.667. The van der Waals surface area contributed by atoms with E-state index in [0.717, 1.165) is 30.3 Å². The minimum absolute atomic E-state index is 0.0641. The monoisotopic (exact) mass is 579 g/mol. The Labute approximate surface area is 238 Å². The minimum Gasteiger partial charge on any atom is -0.461 e. The first-order valence-electron chi connectivity index (χ1n) is 13.9. The van der Waals surface area contributed by atoms with Gasteiger partial charge < -0.3 is 35.5 Å². The number of nitrogens with two attached hydrogens (primary N) is 1. The van der Waals surface area contributed by atoms with Crippen LogP contribution in [0.5, 0.6) is 0 Å². The van der Waals surface area contributed by atoms with Gasteiger partial charge in [0.1, 0.15) is 24.1 Å². The highest BCUT2D eigenvalue weighted by Crippen LogP contribution is 2.32. The number of esters is 1. The molecule has 5 atom stereocenters. The van der Waals surface area contributed by atoms with Crippen LogP contribution in [0.25, 0.3) is 0 Å². The van der Waals surface area contributed by atoms with Crippen LogP contribution in [0.3, 0.4) is 0 Å². The van der Waals surface area contributed by atoms with Gasteiger partial charge in [-0.15, -0.1) is 0 Å². The Morgan fingerprint density at radius 2 is 1.98 bits per heavy atom. The molecule has 0 radical (unpaired) electrons. The lowest BCUT2D eigenvalue weighted by molar-refractivity contribution is -0.152. The summed E-state index contributed by atoms with van der Waals surface area (Å²) < 4.78 is 16.9. The first-order valence-corrected chi connectivity index (χ1v) is 13.9. The Morgan fingerprint density at radius 1 is 1.27 bits per heavy atom. The largest absolute Gasteiger partial charge is 0.461 e. The third-order valence-electron chi connectivity index (χ3n) is 7.09. The van der Waals surface area contributed by atoms with Gasteiger partial charge in [0.25, 0.3) is 0 Å². The van der Waals surface area contributed by atoms with Crippen LogP contribution in [-0.4, -0.2) is 81.3 Å². The number of aromatic nitrogens is 2. The van der Waals surface area contributed by atoms with E-state index in [2.05, 4.69) is 22.2 Å². The average Bonchev–Trinajstić information content (AvgIpc) is 3.21. The fourth-order valence-electron chi connectivity index (χ4n) is 4.90. The molecule has 1 saturated heterocycles. The van der Waals surface area contributed by atoms with Gasteiger partial charge in [-0.1, -0.05) is 38.7 Å². The van der Waals surface area contributed by atoms with Crippen molar-refractivity contribution in [3.8, 4) is 0 Å². The van der Waals surface area contributed by atoms with Gasteiger partial charge in [-0.3, -0.25) is 14.7 Å². The van der Waals surface area contributed by atoms with E-state index in [-0.39, 0.29) is 24.4 Å². The van der Waals surface area contributed by atoms with E-state index in [9.17, 15) is 29.4 Å². The zero-order valence-corrected chi connectivity index (χ0v) is 23.5. The Hall–Kier alpha value is -3.33. The number of hydrogen-bond acceptors (Lipinski definition) is 11. The van der Waals surface area contributed by atoms with Crippen LogP contribution in [0.2, 0.25) is 0 Å². The molecule has 1 aliphatic heterocycles. The van der Waals surface area contributed by atoms with E-state index in [1.165, 1.54) is 18.7 Å². The van der Waals surface area contributed by atoms with Crippen LogP contribution >= 0.6 is 0 Å². The van der Waals surface area contributed by atoms with Crippen molar-refractivity contribution in [2.24, 2.45) is 11.7 Å². The number of hydrogen-bond donors (Lipinski definition) is 5. The molecule has 1 saturated carbocycles.